The lowest BCUT2D eigenvalue weighted by atomic mass is 10.1. The molecule has 35 heavy (non-hydrogen) atoms. The average Bonchev–Trinajstić information content (AvgIpc) is 3.50. The van der Waals surface area contributed by atoms with Crippen LogP contribution in [0.1, 0.15) is 5.76 Å². The van der Waals surface area contributed by atoms with E-state index >= 15 is 0 Å². The number of carbonyl (C=O) groups excluding carboxylic acids is 1. The number of nitrogens with zero attached hydrogens (tertiary/aromatic N) is 4. The van der Waals surface area contributed by atoms with E-state index < -0.39 is 10.8 Å². The fourth-order valence-corrected chi connectivity index (χ4v) is 3.68. The Morgan fingerprint density at radius 3 is 2.49 bits per heavy atom. The quantitative estimate of drug-likeness (QED) is 0.182. The van der Waals surface area contributed by atoms with Crippen LogP contribution in [0.15, 0.2) is 89.4 Å². The molecule has 10 heteroatoms. The molecule has 0 fully saturated rings. The van der Waals surface area contributed by atoms with E-state index in [-0.39, 0.29) is 5.69 Å². The molecule has 1 N–H and O–H groups in total. The highest BCUT2D eigenvalue weighted by Crippen LogP contribution is 2.31. The first-order valence-corrected chi connectivity index (χ1v) is 10.8. The second-order valence-corrected chi connectivity index (χ2v) is 7.85. The van der Waals surface area contributed by atoms with Gasteiger partial charge >= 0.3 is 0 Å². The first kappa shape index (κ1) is 22.1. The molecule has 172 valence electrons. The number of carbonyl (C=O) groups is 1. The smallest absolute Gasteiger partial charge is 0.280 e. The van der Waals surface area contributed by atoms with Crippen LogP contribution in [-0.2, 0) is 4.79 Å². The van der Waals surface area contributed by atoms with Gasteiger partial charge < -0.3 is 9.73 Å². The molecule has 0 spiro atoms. The van der Waals surface area contributed by atoms with Crippen molar-refractivity contribution in [1.29, 1.82) is 0 Å². The zero-order valence-electron chi connectivity index (χ0n) is 18.0. The third-order valence-corrected chi connectivity index (χ3v) is 5.42. The number of nitro groups is 1. The van der Waals surface area contributed by atoms with Gasteiger partial charge in [0.1, 0.15) is 22.6 Å². The molecule has 0 atom stereocenters. The van der Waals surface area contributed by atoms with Crippen molar-refractivity contribution in [1.82, 2.24) is 15.0 Å². The van der Waals surface area contributed by atoms with Crippen molar-refractivity contribution in [2.24, 2.45) is 0 Å². The van der Waals surface area contributed by atoms with Gasteiger partial charge in [-0.15, -0.1) is 10.2 Å². The van der Waals surface area contributed by atoms with E-state index in [9.17, 15) is 14.9 Å². The number of para-hydroxylation sites is 2. The number of hydrogen-bond acceptors (Lipinski definition) is 6. The summed E-state index contributed by atoms with van der Waals surface area (Å²) in [4.78, 5) is 24.8. The summed E-state index contributed by atoms with van der Waals surface area (Å²) in [5, 5.41) is 23.2. The SMILES string of the molecule is O=C(/C=C/c1ccc(-c2ccccc2[N+](=O)[O-])o1)Nc1cc2nn(-c3ccccc3)nc2cc1Cl. The summed E-state index contributed by atoms with van der Waals surface area (Å²) in [6.45, 7) is 0. The van der Waals surface area contributed by atoms with Gasteiger partial charge in [0.25, 0.3) is 5.69 Å². The topological polar surface area (TPSA) is 116 Å². The number of anilines is 1. The molecule has 2 aromatic heterocycles. The lowest BCUT2D eigenvalue weighted by molar-refractivity contribution is -0.384. The number of aromatic nitrogens is 3. The molecule has 0 aliphatic rings. The van der Waals surface area contributed by atoms with E-state index in [4.69, 9.17) is 16.0 Å². The molecule has 5 aromatic rings. The first-order chi connectivity index (χ1) is 17.0. The minimum Gasteiger partial charge on any atom is -0.456 e. The van der Waals surface area contributed by atoms with Crippen molar-refractivity contribution < 1.29 is 14.1 Å². The van der Waals surface area contributed by atoms with Gasteiger partial charge in [0.2, 0.25) is 5.91 Å². The third kappa shape index (κ3) is 4.66. The molecule has 1 amide bonds. The standard InChI is InChI=1S/C25H16ClN5O4/c26-19-14-21-22(29-30(28-21)16-6-2-1-3-7-16)15-20(19)27-25(32)13-11-17-10-12-24(35-17)18-8-4-5-9-23(18)31(33)34/h1-15H,(H,27,32)/b13-11+. The van der Waals surface area contributed by atoms with Crippen LogP contribution in [0, 0.1) is 10.1 Å². The van der Waals surface area contributed by atoms with E-state index in [0.29, 0.717) is 38.8 Å². The predicted octanol–water partition coefficient (Wildman–Crippen LogP) is 5.89. The van der Waals surface area contributed by atoms with Crippen LogP contribution in [0.5, 0.6) is 0 Å². The van der Waals surface area contributed by atoms with E-state index in [0.717, 1.165) is 5.69 Å². The Bertz CT molecular complexity index is 1590. The largest absolute Gasteiger partial charge is 0.456 e. The van der Waals surface area contributed by atoms with Crippen LogP contribution in [0.3, 0.4) is 0 Å². The summed E-state index contributed by atoms with van der Waals surface area (Å²) in [6.07, 6.45) is 2.75. The molecular formula is C25H16ClN5O4. The Balaban J connectivity index is 1.32. The Kier molecular flexibility index (Phi) is 5.82. The second-order valence-electron chi connectivity index (χ2n) is 7.44. The highest BCUT2D eigenvalue weighted by Gasteiger charge is 2.17. The fourth-order valence-electron chi connectivity index (χ4n) is 3.47. The zero-order chi connectivity index (χ0) is 24.4. The van der Waals surface area contributed by atoms with E-state index in [1.807, 2.05) is 30.3 Å². The number of fused-ring (bicyclic) bond motifs is 1. The Hall–Kier alpha value is -4.76. The van der Waals surface area contributed by atoms with Crippen LogP contribution >= 0.6 is 11.6 Å². The number of halogens is 1. The van der Waals surface area contributed by atoms with E-state index in [1.165, 1.54) is 23.0 Å². The van der Waals surface area contributed by atoms with Crippen LogP contribution in [0.2, 0.25) is 5.02 Å². The molecule has 2 heterocycles. The molecule has 0 aliphatic carbocycles. The highest BCUT2D eigenvalue weighted by molar-refractivity contribution is 6.34. The summed E-state index contributed by atoms with van der Waals surface area (Å²) in [6, 6.07) is 22.2. The van der Waals surface area contributed by atoms with Crippen molar-refractivity contribution in [3.05, 3.63) is 106 Å². The van der Waals surface area contributed by atoms with Gasteiger partial charge in [0, 0.05) is 12.1 Å². The lowest BCUT2D eigenvalue weighted by Gasteiger charge is -2.04. The normalized spacial score (nSPS) is 11.2. The molecule has 9 nitrogen and oxygen atoms in total. The third-order valence-electron chi connectivity index (χ3n) is 5.11. The number of rotatable bonds is 6. The summed E-state index contributed by atoms with van der Waals surface area (Å²) in [5.74, 6) is 0.248. The molecule has 3 aromatic carbocycles. The molecule has 0 bridgehead atoms. The van der Waals surface area contributed by atoms with Crippen molar-refractivity contribution in [3.8, 4) is 17.0 Å². The summed E-state index contributed by atoms with van der Waals surface area (Å²) < 4.78 is 5.67. The average molecular weight is 486 g/mol. The van der Waals surface area contributed by atoms with Crippen LogP contribution in [0.4, 0.5) is 11.4 Å². The molecule has 0 radical (unpaired) electrons. The number of amides is 1. The van der Waals surface area contributed by atoms with Gasteiger partial charge in [0.05, 0.1) is 26.9 Å². The Labute approximate surface area is 203 Å². The monoisotopic (exact) mass is 485 g/mol. The highest BCUT2D eigenvalue weighted by atomic mass is 35.5. The second kappa shape index (κ2) is 9.24. The minimum absolute atomic E-state index is 0.0654. The zero-order valence-corrected chi connectivity index (χ0v) is 18.7. The van der Waals surface area contributed by atoms with Gasteiger partial charge in [-0.25, -0.2) is 0 Å². The fraction of sp³-hybridized carbons (Fsp3) is 0. The lowest BCUT2D eigenvalue weighted by Crippen LogP contribution is -2.08. The number of nitrogens with one attached hydrogen (secondary N) is 1. The van der Waals surface area contributed by atoms with Crippen molar-refractivity contribution in [2.75, 3.05) is 5.32 Å². The van der Waals surface area contributed by atoms with Crippen LogP contribution < -0.4 is 5.32 Å². The maximum atomic E-state index is 12.5. The molecular weight excluding hydrogens is 470 g/mol. The van der Waals surface area contributed by atoms with Gasteiger partial charge in [-0.05, 0) is 48.5 Å². The minimum atomic E-state index is -0.472. The number of nitro benzene ring substituents is 1. The van der Waals surface area contributed by atoms with E-state index in [1.54, 1.807) is 42.5 Å². The van der Waals surface area contributed by atoms with Crippen molar-refractivity contribution in [3.63, 3.8) is 0 Å². The van der Waals surface area contributed by atoms with Crippen LogP contribution in [0.25, 0.3) is 34.1 Å². The number of furan rings is 1. The van der Waals surface area contributed by atoms with E-state index in [2.05, 4.69) is 15.5 Å². The molecule has 0 unspecified atom stereocenters. The maximum absolute atomic E-state index is 12.5. The van der Waals surface area contributed by atoms with Gasteiger partial charge in [-0.3, -0.25) is 14.9 Å². The predicted molar refractivity (Wildman–Crippen MR) is 132 cm³/mol. The first-order valence-electron chi connectivity index (χ1n) is 10.4. The summed E-state index contributed by atoms with van der Waals surface area (Å²) in [5.41, 5.74) is 2.62. The Morgan fingerprint density at radius 1 is 1.00 bits per heavy atom. The van der Waals surface area contributed by atoms with Gasteiger partial charge in [0.15, 0.2) is 0 Å². The molecule has 0 saturated carbocycles. The summed E-state index contributed by atoms with van der Waals surface area (Å²) in [7, 11) is 0. The molecule has 0 saturated heterocycles. The molecule has 5 rings (SSSR count). The number of hydrogen-bond donors (Lipinski definition) is 1. The number of benzene rings is 3. The maximum Gasteiger partial charge on any atom is 0.280 e. The Morgan fingerprint density at radius 2 is 1.71 bits per heavy atom. The van der Waals surface area contributed by atoms with Crippen molar-refractivity contribution >= 4 is 46.0 Å². The van der Waals surface area contributed by atoms with Gasteiger partial charge in [-0.2, -0.15) is 4.80 Å². The van der Waals surface area contributed by atoms with Crippen molar-refractivity contribution in [2.45, 2.75) is 0 Å². The van der Waals surface area contributed by atoms with Crippen LogP contribution in [-0.4, -0.2) is 25.8 Å². The summed E-state index contributed by atoms with van der Waals surface area (Å²) >= 11 is 6.34. The van der Waals surface area contributed by atoms with Gasteiger partial charge in [-0.1, -0.05) is 41.9 Å². The molecule has 0 aliphatic heterocycles.